The second-order valence-corrected chi connectivity index (χ2v) is 6.31. The molecule has 0 aliphatic rings. The fourth-order valence-electron chi connectivity index (χ4n) is 1.07. The molecular formula is C9H14N2O3S2. The summed E-state index contributed by atoms with van der Waals surface area (Å²) in [6.45, 7) is 2.51. The number of rotatable bonds is 4. The van der Waals surface area contributed by atoms with E-state index in [0.717, 1.165) is 11.3 Å². The number of hydrogen-bond donors (Lipinski definition) is 1. The van der Waals surface area contributed by atoms with Crippen LogP contribution < -0.4 is 5.14 Å². The van der Waals surface area contributed by atoms with E-state index in [4.69, 9.17) is 5.14 Å². The Hall–Kier alpha value is -0.920. The average molecular weight is 262 g/mol. The number of nitrogens with two attached hydrogens (primary N) is 1. The number of carbonyl (C=O) groups excluding carboxylic acids is 1. The maximum atomic E-state index is 11.6. The van der Waals surface area contributed by atoms with Crippen molar-refractivity contribution in [2.75, 3.05) is 13.6 Å². The molecule has 90 valence electrons. The summed E-state index contributed by atoms with van der Waals surface area (Å²) < 4.78 is 22.1. The lowest BCUT2D eigenvalue weighted by Crippen LogP contribution is -2.27. The van der Waals surface area contributed by atoms with E-state index in [1.165, 1.54) is 6.07 Å². The molecule has 2 N–H and O–H groups in total. The minimum Gasteiger partial charge on any atom is -0.346 e. The third-order valence-electron chi connectivity index (χ3n) is 2.14. The molecule has 0 aliphatic carbocycles. The number of likely N-dealkylation sites (N-methyl/N-ethyl adjacent to an activating group) is 1. The Morgan fingerprint density at radius 1 is 1.50 bits per heavy atom. The molecule has 1 aromatic heterocycles. The lowest BCUT2D eigenvalue weighted by Gasteiger charge is -2.13. The van der Waals surface area contributed by atoms with E-state index in [2.05, 4.69) is 0 Å². The average Bonchev–Trinajstić information content (AvgIpc) is 2.64. The molecule has 0 saturated heterocycles. The van der Waals surface area contributed by atoms with Crippen LogP contribution in [0.25, 0.3) is 0 Å². The van der Waals surface area contributed by atoms with Crippen LogP contribution >= 0.6 is 11.3 Å². The molecule has 1 heterocycles. The van der Waals surface area contributed by atoms with Crippen molar-refractivity contribution in [3.05, 3.63) is 17.0 Å². The van der Waals surface area contributed by atoms with Crippen molar-refractivity contribution in [3.63, 3.8) is 0 Å². The Morgan fingerprint density at radius 3 is 2.56 bits per heavy atom. The van der Waals surface area contributed by atoms with Gasteiger partial charge in [-0.15, -0.1) is 11.3 Å². The van der Waals surface area contributed by atoms with Crippen LogP contribution in [0.5, 0.6) is 0 Å². The van der Waals surface area contributed by atoms with Crippen molar-refractivity contribution >= 4 is 27.3 Å². The molecule has 0 bridgehead atoms. The first kappa shape index (κ1) is 13.1. The molecule has 0 aromatic carbocycles. The SMILES string of the molecule is CCN(C)C(=O)Cc1ccc(S(N)(=O)=O)s1. The molecule has 0 saturated carbocycles. The first-order valence-corrected chi connectivity index (χ1v) is 7.06. The molecule has 1 amide bonds. The van der Waals surface area contributed by atoms with Crippen LogP contribution in [0.2, 0.25) is 0 Å². The van der Waals surface area contributed by atoms with E-state index in [1.807, 2.05) is 6.92 Å². The van der Waals surface area contributed by atoms with Gasteiger partial charge in [-0.1, -0.05) is 0 Å². The Labute approximate surface area is 98.9 Å². The van der Waals surface area contributed by atoms with Gasteiger partial charge in [-0.3, -0.25) is 4.79 Å². The second kappa shape index (κ2) is 4.94. The fraction of sp³-hybridized carbons (Fsp3) is 0.444. The van der Waals surface area contributed by atoms with Crippen LogP contribution in [-0.4, -0.2) is 32.8 Å². The van der Waals surface area contributed by atoms with E-state index in [0.29, 0.717) is 11.4 Å². The summed E-state index contributed by atoms with van der Waals surface area (Å²) in [5.41, 5.74) is 0. The van der Waals surface area contributed by atoms with Gasteiger partial charge in [0, 0.05) is 18.5 Å². The zero-order chi connectivity index (χ0) is 12.3. The van der Waals surface area contributed by atoms with Crippen molar-refractivity contribution in [3.8, 4) is 0 Å². The minimum absolute atomic E-state index is 0.0367. The summed E-state index contributed by atoms with van der Waals surface area (Å²) in [6, 6.07) is 3.04. The largest absolute Gasteiger partial charge is 0.346 e. The fourth-order valence-corrected chi connectivity index (χ4v) is 2.84. The number of nitrogens with zero attached hydrogens (tertiary/aromatic N) is 1. The zero-order valence-electron chi connectivity index (χ0n) is 9.13. The monoisotopic (exact) mass is 262 g/mol. The lowest BCUT2D eigenvalue weighted by atomic mass is 10.3. The summed E-state index contributed by atoms with van der Waals surface area (Å²) in [5.74, 6) is -0.0367. The van der Waals surface area contributed by atoms with Crippen LogP contribution in [0.1, 0.15) is 11.8 Å². The highest BCUT2D eigenvalue weighted by atomic mass is 32.2. The van der Waals surface area contributed by atoms with Gasteiger partial charge in [-0.05, 0) is 19.1 Å². The van der Waals surface area contributed by atoms with Gasteiger partial charge in [0.25, 0.3) is 0 Å². The van der Waals surface area contributed by atoms with Gasteiger partial charge in [0.15, 0.2) is 0 Å². The van der Waals surface area contributed by atoms with Crippen molar-refractivity contribution in [2.24, 2.45) is 5.14 Å². The number of thiophene rings is 1. The predicted molar refractivity (Wildman–Crippen MR) is 62.7 cm³/mol. The Bertz CT molecular complexity index is 479. The predicted octanol–water partition coefficient (Wildman–Crippen LogP) is 0.416. The van der Waals surface area contributed by atoms with Gasteiger partial charge in [-0.25, -0.2) is 13.6 Å². The molecule has 7 heteroatoms. The number of amides is 1. The Balaban J connectivity index is 2.77. The quantitative estimate of drug-likeness (QED) is 0.853. The molecule has 0 fully saturated rings. The Morgan fingerprint density at radius 2 is 2.12 bits per heavy atom. The first-order valence-electron chi connectivity index (χ1n) is 4.70. The third kappa shape index (κ3) is 3.29. The molecule has 0 radical (unpaired) electrons. The van der Waals surface area contributed by atoms with Crippen molar-refractivity contribution in [1.29, 1.82) is 0 Å². The molecule has 0 aliphatic heterocycles. The van der Waals surface area contributed by atoms with Crippen LogP contribution in [-0.2, 0) is 21.2 Å². The summed E-state index contributed by atoms with van der Waals surface area (Å²) in [5, 5.41) is 4.97. The van der Waals surface area contributed by atoms with Crippen molar-refractivity contribution < 1.29 is 13.2 Å². The van der Waals surface area contributed by atoms with E-state index in [1.54, 1.807) is 18.0 Å². The van der Waals surface area contributed by atoms with Gasteiger partial charge in [0.05, 0.1) is 6.42 Å². The van der Waals surface area contributed by atoms with Gasteiger partial charge in [0.2, 0.25) is 15.9 Å². The molecule has 0 spiro atoms. The summed E-state index contributed by atoms with van der Waals surface area (Å²) >= 11 is 1.04. The third-order valence-corrected chi connectivity index (χ3v) is 4.67. The molecule has 5 nitrogen and oxygen atoms in total. The maximum Gasteiger partial charge on any atom is 0.247 e. The number of sulfonamides is 1. The maximum absolute atomic E-state index is 11.6. The zero-order valence-corrected chi connectivity index (χ0v) is 10.8. The summed E-state index contributed by atoms with van der Waals surface area (Å²) in [4.78, 5) is 13.8. The van der Waals surface area contributed by atoms with E-state index < -0.39 is 10.0 Å². The van der Waals surface area contributed by atoms with Gasteiger partial charge in [-0.2, -0.15) is 0 Å². The minimum atomic E-state index is -3.65. The van der Waals surface area contributed by atoms with E-state index in [-0.39, 0.29) is 16.5 Å². The van der Waals surface area contributed by atoms with Gasteiger partial charge >= 0.3 is 0 Å². The van der Waals surface area contributed by atoms with Crippen LogP contribution in [0.4, 0.5) is 0 Å². The normalized spacial score (nSPS) is 11.4. The molecule has 1 aromatic rings. The van der Waals surface area contributed by atoms with Crippen molar-refractivity contribution in [1.82, 2.24) is 4.90 Å². The molecule has 0 atom stereocenters. The van der Waals surface area contributed by atoms with E-state index in [9.17, 15) is 13.2 Å². The summed E-state index contributed by atoms with van der Waals surface area (Å²) in [7, 11) is -1.95. The van der Waals surface area contributed by atoms with Gasteiger partial charge in [0.1, 0.15) is 4.21 Å². The lowest BCUT2D eigenvalue weighted by molar-refractivity contribution is -0.128. The highest BCUT2D eigenvalue weighted by Gasteiger charge is 2.14. The number of primary sulfonamides is 1. The number of carbonyl (C=O) groups is 1. The van der Waals surface area contributed by atoms with Crippen molar-refractivity contribution in [2.45, 2.75) is 17.6 Å². The van der Waals surface area contributed by atoms with Crippen LogP contribution in [0.3, 0.4) is 0 Å². The standard InChI is InChI=1S/C9H14N2O3S2/c1-3-11(2)8(12)6-7-4-5-9(15-7)16(10,13)14/h4-5H,3,6H2,1-2H3,(H2,10,13,14). The molecule has 0 unspecified atom stereocenters. The molecule has 1 rings (SSSR count). The highest BCUT2D eigenvalue weighted by Crippen LogP contribution is 2.20. The molecular weight excluding hydrogens is 248 g/mol. The number of hydrogen-bond acceptors (Lipinski definition) is 4. The summed E-state index contributed by atoms with van der Waals surface area (Å²) in [6.07, 6.45) is 0.213. The Kier molecular flexibility index (Phi) is 4.06. The van der Waals surface area contributed by atoms with Gasteiger partial charge < -0.3 is 4.90 Å². The first-order chi connectivity index (χ1) is 7.34. The van der Waals surface area contributed by atoms with Crippen LogP contribution in [0.15, 0.2) is 16.3 Å². The van der Waals surface area contributed by atoms with Crippen LogP contribution in [0, 0.1) is 0 Å². The van der Waals surface area contributed by atoms with E-state index >= 15 is 0 Å². The second-order valence-electron chi connectivity index (χ2n) is 3.35. The smallest absolute Gasteiger partial charge is 0.247 e. The highest BCUT2D eigenvalue weighted by molar-refractivity contribution is 7.91. The topological polar surface area (TPSA) is 80.5 Å². The molecule has 16 heavy (non-hydrogen) atoms.